The van der Waals surface area contributed by atoms with Crippen LogP contribution in [0.1, 0.15) is 2.85 Å². The summed E-state index contributed by atoms with van der Waals surface area (Å²) in [7, 11) is 0. The van der Waals surface area contributed by atoms with Gasteiger partial charge in [-0.1, -0.05) is 0 Å². The fraction of sp³-hybridized carbons (Fsp3) is 0. The first kappa shape index (κ1) is 42.1. The Bertz CT molecular complexity index is 11.5. The molecule has 0 aliphatic carbocycles. The van der Waals surface area contributed by atoms with Crippen LogP contribution in [-0.4, -0.2) is 57.8 Å². The predicted octanol–water partition coefficient (Wildman–Crippen LogP) is -2.37. The van der Waals surface area contributed by atoms with E-state index < -0.39 is 0 Å². The Kier molecular flexibility index (Phi) is 229. The SMILES string of the molecule is F.[AlH3].[AlH3].[H-].[H-].[Mg+2]. The first-order valence-corrected chi connectivity index (χ1v) is 0. The van der Waals surface area contributed by atoms with Gasteiger partial charge in [0.05, 0.1) is 0 Å². The normalized spacial score (nSPS) is 0. The summed E-state index contributed by atoms with van der Waals surface area (Å²) in [6.45, 7) is 0. The van der Waals surface area contributed by atoms with Gasteiger partial charge in [-0.25, -0.2) is 0 Å². The average Bonchev–Trinajstić information content (AvgIpc) is 0. The monoisotopic (exact) mass is 106 g/mol. The molecule has 4 heteroatoms. The van der Waals surface area contributed by atoms with E-state index in [1.807, 2.05) is 0 Å². The van der Waals surface area contributed by atoms with Gasteiger partial charge >= 0.3 is 23.1 Å². The number of rotatable bonds is 0. The number of halogens is 1. The minimum Gasteiger partial charge on any atom is -1.00 e. The molecule has 24 valence electrons. The van der Waals surface area contributed by atoms with Crippen molar-refractivity contribution in [1.29, 1.82) is 0 Å². The van der Waals surface area contributed by atoms with Crippen LogP contribution in [0.5, 0.6) is 0 Å². The summed E-state index contributed by atoms with van der Waals surface area (Å²) in [6, 6.07) is 0. The third-order valence-electron chi connectivity index (χ3n) is 0. The Labute approximate surface area is 65.1 Å². The Morgan fingerprint density at radius 1 is 1.00 bits per heavy atom. The van der Waals surface area contributed by atoms with Crippen LogP contribution in [0.15, 0.2) is 0 Å². The molecule has 0 unspecified atom stereocenters. The number of hydrogen-bond acceptors (Lipinski definition) is 0. The quantitative estimate of drug-likeness (QED) is 0.303. The van der Waals surface area contributed by atoms with Crippen LogP contribution in [-0.2, 0) is 0 Å². The molecule has 0 aromatic carbocycles. The van der Waals surface area contributed by atoms with Gasteiger partial charge in [-0.2, -0.15) is 0 Å². The minimum absolute atomic E-state index is 0. The third-order valence-corrected chi connectivity index (χ3v) is 0. The molecular weight excluding hydrogens is 97.3 g/mol. The maximum absolute atomic E-state index is 0. The fourth-order valence-electron chi connectivity index (χ4n) is 0. The van der Waals surface area contributed by atoms with Gasteiger partial charge in [-0.05, 0) is 0 Å². The topological polar surface area (TPSA) is 0 Å². The second kappa shape index (κ2) is 21.7. The maximum Gasteiger partial charge on any atom is 2.00 e. The molecule has 0 aliphatic heterocycles. The molecule has 0 saturated carbocycles. The van der Waals surface area contributed by atoms with E-state index >= 15 is 0 Å². The molecule has 4 heavy (non-hydrogen) atoms. The Morgan fingerprint density at radius 2 is 1.00 bits per heavy atom. The second-order valence-electron chi connectivity index (χ2n) is 0. The van der Waals surface area contributed by atoms with Crippen LogP contribution in [0.25, 0.3) is 0 Å². The van der Waals surface area contributed by atoms with Gasteiger partial charge in [0.25, 0.3) is 0 Å². The molecule has 0 nitrogen and oxygen atoms in total. The first-order chi connectivity index (χ1) is 0. The smallest absolute Gasteiger partial charge is 1.00 e. The maximum atomic E-state index is 0. The van der Waals surface area contributed by atoms with Crippen LogP contribution in [0, 0.1) is 0 Å². The number of hydrogen-bond donors (Lipinski definition) is 0. The van der Waals surface area contributed by atoms with E-state index in [2.05, 4.69) is 0 Å². The molecule has 0 atom stereocenters. The Hall–Kier alpha value is 1.76. The van der Waals surface area contributed by atoms with E-state index in [1.54, 1.807) is 0 Å². The molecule has 0 rings (SSSR count). The summed E-state index contributed by atoms with van der Waals surface area (Å²) in [5.41, 5.74) is 0. The molecule has 0 amide bonds. The molecule has 0 fully saturated rings. The summed E-state index contributed by atoms with van der Waals surface area (Å²) in [5.74, 6) is 0. The van der Waals surface area contributed by atoms with Crippen molar-refractivity contribution in [3.05, 3.63) is 0 Å². The van der Waals surface area contributed by atoms with E-state index in [0.717, 1.165) is 0 Å². The first-order valence-electron chi connectivity index (χ1n) is 0. The van der Waals surface area contributed by atoms with Crippen molar-refractivity contribution in [2.45, 2.75) is 0 Å². The van der Waals surface area contributed by atoms with Gasteiger partial charge in [0.15, 0.2) is 34.7 Å². The zero-order valence-corrected chi connectivity index (χ0v) is 2.53. The van der Waals surface area contributed by atoms with Gasteiger partial charge in [-0.15, -0.1) is 0 Å². The van der Waals surface area contributed by atoms with E-state index in [1.165, 1.54) is 0 Å². The average molecular weight is 106 g/mol. The minimum atomic E-state index is 0. The van der Waals surface area contributed by atoms with Gasteiger partial charge in [0.1, 0.15) is 0 Å². The van der Waals surface area contributed by atoms with Crippen molar-refractivity contribution in [1.82, 2.24) is 0 Å². The van der Waals surface area contributed by atoms with E-state index in [-0.39, 0.29) is 65.3 Å². The van der Waals surface area contributed by atoms with Crippen LogP contribution in [0.3, 0.4) is 0 Å². The molecule has 0 heterocycles. The van der Waals surface area contributed by atoms with Gasteiger partial charge in [0, 0.05) is 0 Å². The van der Waals surface area contributed by atoms with Crippen molar-refractivity contribution in [2.24, 2.45) is 0 Å². The summed E-state index contributed by atoms with van der Waals surface area (Å²) in [5, 5.41) is 0. The third kappa shape index (κ3) is 9.24. The van der Waals surface area contributed by atoms with E-state index in [9.17, 15) is 0 Å². The van der Waals surface area contributed by atoms with Gasteiger partial charge in [0.2, 0.25) is 0 Å². The van der Waals surface area contributed by atoms with Gasteiger partial charge in [-0.3, -0.25) is 4.70 Å². The summed E-state index contributed by atoms with van der Waals surface area (Å²) in [6.07, 6.45) is 0. The van der Waals surface area contributed by atoms with Crippen LogP contribution < -0.4 is 0 Å². The summed E-state index contributed by atoms with van der Waals surface area (Å²) >= 11 is 0. The van der Waals surface area contributed by atoms with Crippen molar-refractivity contribution < 1.29 is 7.56 Å². The summed E-state index contributed by atoms with van der Waals surface area (Å²) < 4.78 is 0. The molecule has 0 aromatic rings. The predicted molar refractivity (Wildman–Crippen MR) is 30.4 cm³/mol. The van der Waals surface area contributed by atoms with Crippen LogP contribution in [0.2, 0.25) is 0 Å². The summed E-state index contributed by atoms with van der Waals surface area (Å²) in [4.78, 5) is 0. The molecule has 0 saturated heterocycles. The van der Waals surface area contributed by atoms with Crippen molar-refractivity contribution in [3.8, 4) is 0 Å². The molecule has 0 aromatic heterocycles. The van der Waals surface area contributed by atoms with Crippen LogP contribution >= 0.6 is 0 Å². The molecule has 0 spiro atoms. The molecule has 0 aliphatic rings. The zero-order valence-electron chi connectivity index (χ0n) is 3.12. The standard InChI is InChI=1S/2Al.FH.Mg.8H/h;;1H;;;;;;;;;/q;;;+2;;;;;;;2*-1. The second-order valence-corrected chi connectivity index (χ2v) is 0. The molecular formula is H9Al2FMg. The van der Waals surface area contributed by atoms with Crippen molar-refractivity contribution in [2.75, 3.05) is 0 Å². The largest absolute Gasteiger partial charge is 2.00 e. The molecule has 0 radical (unpaired) electrons. The molecule has 0 bridgehead atoms. The Morgan fingerprint density at radius 3 is 1.00 bits per heavy atom. The van der Waals surface area contributed by atoms with E-state index in [0.29, 0.717) is 0 Å². The van der Waals surface area contributed by atoms with Crippen LogP contribution in [0.4, 0.5) is 4.70 Å². The molecule has 0 N–H and O–H groups in total. The zero-order chi connectivity index (χ0) is 0. The van der Waals surface area contributed by atoms with Gasteiger partial charge < -0.3 is 2.85 Å². The fourth-order valence-corrected chi connectivity index (χ4v) is 0. The van der Waals surface area contributed by atoms with Crippen molar-refractivity contribution in [3.63, 3.8) is 0 Å². The Balaban J connectivity index is 0. The van der Waals surface area contributed by atoms with E-state index in [4.69, 9.17) is 0 Å². The van der Waals surface area contributed by atoms with Crippen molar-refractivity contribution >= 4 is 57.8 Å².